The van der Waals surface area contributed by atoms with Crippen LogP contribution in [0.15, 0.2) is 18.2 Å². The molecule has 0 atom stereocenters. The quantitative estimate of drug-likeness (QED) is 0.678. The molecule has 14 heavy (non-hydrogen) atoms. The molecule has 0 aliphatic heterocycles. The Hall–Kier alpha value is -1.19. The molecule has 1 aliphatic rings. The third-order valence-electron chi connectivity index (χ3n) is 2.17. The van der Waals surface area contributed by atoms with Crippen LogP contribution in [-0.4, -0.2) is 6.36 Å². The van der Waals surface area contributed by atoms with Crippen molar-refractivity contribution in [1.29, 1.82) is 0 Å². The van der Waals surface area contributed by atoms with Gasteiger partial charge in [0.1, 0.15) is 5.75 Å². The van der Waals surface area contributed by atoms with E-state index in [1.165, 1.54) is 6.07 Å². The monoisotopic (exact) mass is 201 g/mol. The van der Waals surface area contributed by atoms with Gasteiger partial charge in [-0.1, -0.05) is 12.1 Å². The normalized spacial score (nSPS) is 15.4. The zero-order valence-electron chi connectivity index (χ0n) is 7.27. The van der Waals surface area contributed by atoms with Gasteiger partial charge in [-0.25, -0.2) is 0 Å². The van der Waals surface area contributed by atoms with Crippen LogP contribution in [0, 0.1) is 6.42 Å². The summed E-state index contributed by atoms with van der Waals surface area (Å²) in [6, 6.07) is 4.76. The lowest BCUT2D eigenvalue weighted by molar-refractivity contribution is -0.274. The van der Waals surface area contributed by atoms with Crippen LogP contribution in [0.1, 0.15) is 11.1 Å². The van der Waals surface area contributed by atoms with Crippen LogP contribution >= 0.6 is 0 Å². The van der Waals surface area contributed by atoms with Gasteiger partial charge in [0.25, 0.3) is 0 Å². The lowest BCUT2D eigenvalue weighted by Crippen LogP contribution is -2.18. The number of benzene rings is 1. The van der Waals surface area contributed by atoms with E-state index in [4.69, 9.17) is 0 Å². The van der Waals surface area contributed by atoms with Crippen molar-refractivity contribution in [2.24, 2.45) is 0 Å². The summed E-state index contributed by atoms with van der Waals surface area (Å²) in [5.41, 5.74) is 1.58. The van der Waals surface area contributed by atoms with Crippen molar-refractivity contribution in [2.75, 3.05) is 0 Å². The highest BCUT2D eigenvalue weighted by Crippen LogP contribution is 2.33. The van der Waals surface area contributed by atoms with Crippen LogP contribution in [0.3, 0.4) is 0 Å². The second-order valence-corrected chi connectivity index (χ2v) is 3.14. The van der Waals surface area contributed by atoms with Gasteiger partial charge < -0.3 is 4.74 Å². The van der Waals surface area contributed by atoms with E-state index in [-0.39, 0.29) is 5.75 Å². The molecule has 1 aromatic carbocycles. The number of halogens is 3. The van der Waals surface area contributed by atoms with Gasteiger partial charge in [0.2, 0.25) is 0 Å². The highest BCUT2D eigenvalue weighted by Gasteiger charge is 2.32. The number of ether oxygens (including phenoxy) is 1. The molecule has 1 aromatic rings. The van der Waals surface area contributed by atoms with E-state index in [2.05, 4.69) is 4.74 Å². The van der Waals surface area contributed by atoms with Gasteiger partial charge in [-0.05, 0) is 36.5 Å². The van der Waals surface area contributed by atoms with Crippen molar-refractivity contribution in [3.05, 3.63) is 35.7 Å². The van der Waals surface area contributed by atoms with Gasteiger partial charge in [-0.3, -0.25) is 0 Å². The van der Waals surface area contributed by atoms with Crippen molar-refractivity contribution in [1.82, 2.24) is 0 Å². The Balaban J connectivity index is 2.31. The number of alkyl halides is 3. The number of rotatable bonds is 1. The summed E-state index contributed by atoms with van der Waals surface area (Å²) >= 11 is 0. The Morgan fingerprint density at radius 3 is 2.64 bits per heavy atom. The second kappa shape index (κ2) is 3.19. The van der Waals surface area contributed by atoms with Gasteiger partial charge in [0, 0.05) is 0 Å². The van der Waals surface area contributed by atoms with E-state index in [9.17, 15) is 13.2 Å². The molecule has 0 saturated carbocycles. The molecular weight excluding hydrogens is 193 g/mol. The Morgan fingerprint density at radius 2 is 1.93 bits per heavy atom. The van der Waals surface area contributed by atoms with Crippen molar-refractivity contribution < 1.29 is 17.9 Å². The maximum atomic E-state index is 12.0. The van der Waals surface area contributed by atoms with Crippen molar-refractivity contribution >= 4 is 0 Å². The molecule has 75 valence electrons. The Kier molecular flexibility index (Phi) is 2.13. The third kappa shape index (κ3) is 1.84. The van der Waals surface area contributed by atoms with Crippen LogP contribution in [-0.2, 0) is 12.8 Å². The van der Waals surface area contributed by atoms with E-state index in [1.807, 2.05) is 12.5 Å². The molecule has 4 heteroatoms. The zero-order chi connectivity index (χ0) is 10.2. The minimum absolute atomic E-state index is 0.0660. The Labute approximate surface area is 79.5 Å². The molecule has 0 spiro atoms. The van der Waals surface area contributed by atoms with Crippen LogP contribution in [0.2, 0.25) is 0 Å². The van der Waals surface area contributed by atoms with E-state index < -0.39 is 6.36 Å². The zero-order valence-corrected chi connectivity index (χ0v) is 7.27. The molecule has 1 radical (unpaired) electrons. The van der Waals surface area contributed by atoms with Gasteiger partial charge in [0.05, 0.1) is 0 Å². The fourth-order valence-electron chi connectivity index (χ4n) is 1.63. The lowest BCUT2D eigenvalue weighted by atomic mass is 10.1. The average Bonchev–Trinajstić information content (AvgIpc) is 2.49. The molecule has 0 aromatic heterocycles. The number of hydrogen-bond acceptors (Lipinski definition) is 1. The number of fused-ring (bicyclic) bond motifs is 1. The molecule has 0 fully saturated rings. The van der Waals surface area contributed by atoms with Gasteiger partial charge in [0.15, 0.2) is 0 Å². The highest BCUT2D eigenvalue weighted by atomic mass is 19.4. The predicted molar refractivity (Wildman–Crippen MR) is 44.8 cm³/mol. The SMILES string of the molecule is FC(F)(F)Oc1cccc2c1C[CH]C2. The summed E-state index contributed by atoms with van der Waals surface area (Å²) in [5, 5.41) is 0. The smallest absolute Gasteiger partial charge is 0.405 e. The standard InChI is InChI=1S/C10H8F3O/c11-10(12,13)14-9-6-2-4-7-3-1-5-8(7)9/h1-2,4,6H,3,5H2. The first-order chi connectivity index (χ1) is 6.56. The summed E-state index contributed by atoms with van der Waals surface area (Å²) in [4.78, 5) is 0. The molecule has 0 heterocycles. The average molecular weight is 201 g/mol. The van der Waals surface area contributed by atoms with E-state index in [0.717, 1.165) is 12.0 Å². The Morgan fingerprint density at radius 1 is 1.14 bits per heavy atom. The molecular formula is C10H8F3O. The minimum atomic E-state index is -4.60. The first-order valence-corrected chi connectivity index (χ1v) is 4.24. The maximum absolute atomic E-state index is 12.0. The van der Waals surface area contributed by atoms with Crippen molar-refractivity contribution in [2.45, 2.75) is 19.2 Å². The molecule has 0 unspecified atom stereocenters. The predicted octanol–water partition coefficient (Wildman–Crippen LogP) is 2.89. The summed E-state index contributed by atoms with van der Waals surface area (Å²) in [5.74, 6) is -0.0660. The first kappa shape index (κ1) is 9.37. The molecule has 1 nitrogen and oxygen atoms in total. The molecule has 1 aliphatic carbocycles. The fourth-order valence-corrected chi connectivity index (χ4v) is 1.63. The van der Waals surface area contributed by atoms with E-state index in [1.54, 1.807) is 6.07 Å². The van der Waals surface area contributed by atoms with Crippen LogP contribution in [0.4, 0.5) is 13.2 Å². The number of hydrogen-bond donors (Lipinski definition) is 0. The van der Waals surface area contributed by atoms with Gasteiger partial charge >= 0.3 is 6.36 Å². The summed E-state index contributed by atoms with van der Waals surface area (Å²) in [6.45, 7) is 0. The first-order valence-electron chi connectivity index (χ1n) is 4.24. The molecule has 0 N–H and O–H groups in total. The van der Waals surface area contributed by atoms with E-state index in [0.29, 0.717) is 12.0 Å². The van der Waals surface area contributed by atoms with Crippen molar-refractivity contribution in [3.63, 3.8) is 0 Å². The molecule has 0 bridgehead atoms. The fraction of sp³-hybridized carbons (Fsp3) is 0.300. The highest BCUT2D eigenvalue weighted by molar-refractivity contribution is 5.45. The summed E-state index contributed by atoms with van der Waals surface area (Å²) < 4.78 is 39.9. The molecule has 2 rings (SSSR count). The van der Waals surface area contributed by atoms with Crippen LogP contribution < -0.4 is 4.74 Å². The largest absolute Gasteiger partial charge is 0.573 e. The minimum Gasteiger partial charge on any atom is -0.405 e. The lowest BCUT2D eigenvalue weighted by Gasteiger charge is -2.12. The van der Waals surface area contributed by atoms with Crippen LogP contribution in [0.25, 0.3) is 0 Å². The van der Waals surface area contributed by atoms with Gasteiger partial charge in [-0.2, -0.15) is 0 Å². The molecule has 0 saturated heterocycles. The molecule has 0 amide bonds. The second-order valence-electron chi connectivity index (χ2n) is 3.14. The topological polar surface area (TPSA) is 9.23 Å². The third-order valence-corrected chi connectivity index (χ3v) is 2.17. The summed E-state index contributed by atoms with van der Waals surface area (Å²) in [6.07, 6.45) is -1.38. The van der Waals surface area contributed by atoms with Gasteiger partial charge in [-0.15, -0.1) is 13.2 Å². The summed E-state index contributed by atoms with van der Waals surface area (Å²) in [7, 11) is 0. The maximum Gasteiger partial charge on any atom is 0.573 e. The Bertz CT molecular complexity index is 344. The van der Waals surface area contributed by atoms with Crippen molar-refractivity contribution in [3.8, 4) is 5.75 Å². The van der Waals surface area contributed by atoms with E-state index >= 15 is 0 Å². The van der Waals surface area contributed by atoms with Crippen LogP contribution in [0.5, 0.6) is 5.75 Å².